The maximum atomic E-state index is 6.29. The summed E-state index contributed by atoms with van der Waals surface area (Å²) in [5, 5.41) is 4.55. The second kappa shape index (κ2) is 31.3. The maximum absolute atomic E-state index is 6.29. The number of furan rings is 2. The molecule has 2 aliphatic carbocycles. The molecule has 614 valence electrons. The number of fused-ring (bicyclic) bond motifs is 12. The van der Waals surface area contributed by atoms with Crippen molar-refractivity contribution in [3.05, 3.63) is 483 Å². The Hall–Kier alpha value is -16.4. The molecule has 0 N–H and O–H groups in total. The van der Waals surface area contributed by atoms with E-state index in [0.717, 1.165) is 134 Å². The van der Waals surface area contributed by atoms with Crippen molar-refractivity contribution in [1.29, 1.82) is 0 Å². The Bertz CT molecular complexity index is 8120. The first-order chi connectivity index (χ1) is 63.8. The maximum Gasteiger partial charge on any atom is 0.136 e. The molecule has 0 unspecified atom stereocenters. The van der Waals surface area contributed by atoms with E-state index in [-0.39, 0.29) is 10.8 Å². The Kier molecular flexibility index (Phi) is 18.6. The summed E-state index contributed by atoms with van der Waals surface area (Å²) >= 11 is 0. The Balaban J connectivity index is 0.482. The van der Waals surface area contributed by atoms with Gasteiger partial charge in [-0.2, -0.15) is 0 Å². The van der Waals surface area contributed by atoms with E-state index in [2.05, 4.69) is 474 Å². The van der Waals surface area contributed by atoms with Gasteiger partial charge in [0.15, 0.2) is 0 Å². The topological polar surface area (TPSA) is 32.8 Å². The SMILES string of the molecule is CC1(C)c2cc(-c3ccccc3)ccc2-c2ccc(N(c3ccc(-c4ccc(-c5cccc(-c6ccc(-c7ccc8c(c7)C(C)(C)c7cc(N(c9ccc(-c%10ccc(-c%11ccc%12c(c%11)oc%11ccccc%11%12)cc%10)cc9)c9ccc(-c%10cccc(-c%11ccccc%11)c%10)cc9)ccc7-8)cc6)c5)cc4)cc3)c3ccc(-c4ccc(-c5ccc6c(c5)oc5ccccc56)cc4)cc3)cc21. The first kappa shape index (κ1) is 77.2. The van der Waals surface area contributed by atoms with E-state index < -0.39 is 0 Å². The van der Waals surface area contributed by atoms with Gasteiger partial charge >= 0.3 is 0 Å². The predicted octanol–water partition coefficient (Wildman–Crippen LogP) is 35.4. The first-order valence-electron chi connectivity index (χ1n) is 45.0. The highest BCUT2D eigenvalue weighted by molar-refractivity contribution is 6.07. The van der Waals surface area contributed by atoms with Crippen molar-refractivity contribution >= 4 is 78.0 Å². The van der Waals surface area contributed by atoms with Gasteiger partial charge in [0.05, 0.1) is 0 Å². The third-order valence-corrected chi connectivity index (χ3v) is 27.6. The smallest absolute Gasteiger partial charge is 0.136 e. The average molecular weight is 1660 g/mol. The second-order valence-electron chi connectivity index (χ2n) is 35.9. The molecular formula is C126H88N2O2. The molecule has 2 aliphatic rings. The highest BCUT2D eigenvalue weighted by Gasteiger charge is 2.39. The second-order valence-corrected chi connectivity index (χ2v) is 35.9. The number of anilines is 6. The summed E-state index contributed by atoms with van der Waals surface area (Å²) in [5.41, 5.74) is 45.9. The van der Waals surface area contributed by atoms with Gasteiger partial charge in [-0.1, -0.05) is 355 Å². The molecule has 2 heterocycles. The number of nitrogens with zero attached hydrogens (tertiary/aromatic N) is 2. The fourth-order valence-electron chi connectivity index (χ4n) is 20.4. The number of benzene rings is 20. The lowest BCUT2D eigenvalue weighted by Crippen LogP contribution is -2.16. The third kappa shape index (κ3) is 13.7. The van der Waals surface area contributed by atoms with Gasteiger partial charge in [0, 0.05) is 66.5 Å². The van der Waals surface area contributed by atoms with Crippen molar-refractivity contribution in [3.63, 3.8) is 0 Å². The summed E-state index contributed by atoms with van der Waals surface area (Å²) in [5.74, 6) is 0. The number of hydrogen-bond acceptors (Lipinski definition) is 4. The summed E-state index contributed by atoms with van der Waals surface area (Å²) in [4.78, 5) is 4.84. The summed E-state index contributed by atoms with van der Waals surface area (Å²) in [6.07, 6.45) is 0. The fraction of sp³-hybridized carbons (Fsp3) is 0.0476. The fourth-order valence-corrected chi connectivity index (χ4v) is 20.4. The van der Waals surface area contributed by atoms with E-state index in [1.54, 1.807) is 0 Å². The molecule has 0 fully saturated rings. The van der Waals surface area contributed by atoms with Gasteiger partial charge < -0.3 is 18.6 Å². The molecule has 2 aromatic heterocycles. The van der Waals surface area contributed by atoms with Crippen LogP contribution in [0.25, 0.3) is 189 Å². The van der Waals surface area contributed by atoms with Crippen LogP contribution in [0, 0.1) is 0 Å². The summed E-state index contributed by atoms with van der Waals surface area (Å²) in [6.45, 7) is 9.55. The molecule has 0 saturated carbocycles. The molecule has 20 aromatic carbocycles. The first-order valence-corrected chi connectivity index (χ1v) is 45.0. The molecule has 0 atom stereocenters. The summed E-state index contributed by atoms with van der Waals surface area (Å²) in [7, 11) is 0. The Labute approximate surface area is 757 Å². The molecule has 0 bridgehead atoms. The monoisotopic (exact) mass is 1660 g/mol. The van der Waals surface area contributed by atoms with E-state index in [9.17, 15) is 0 Å². The van der Waals surface area contributed by atoms with Crippen molar-refractivity contribution in [1.82, 2.24) is 0 Å². The van der Waals surface area contributed by atoms with Crippen LogP contribution < -0.4 is 9.80 Å². The van der Waals surface area contributed by atoms with Crippen LogP contribution >= 0.6 is 0 Å². The summed E-state index contributed by atoms with van der Waals surface area (Å²) < 4.78 is 12.6. The number of hydrogen-bond donors (Lipinski definition) is 0. The van der Waals surface area contributed by atoms with E-state index in [1.165, 1.54) is 111 Å². The van der Waals surface area contributed by atoms with Gasteiger partial charge in [0.2, 0.25) is 0 Å². The van der Waals surface area contributed by atoms with Crippen molar-refractivity contribution < 1.29 is 8.83 Å². The molecule has 0 amide bonds. The largest absolute Gasteiger partial charge is 0.456 e. The van der Waals surface area contributed by atoms with E-state index in [1.807, 2.05) is 24.3 Å². The molecule has 0 saturated heterocycles. The van der Waals surface area contributed by atoms with Crippen LogP contribution in [0.2, 0.25) is 0 Å². The summed E-state index contributed by atoms with van der Waals surface area (Å²) in [6, 6.07) is 169. The Morgan fingerprint density at radius 3 is 0.654 bits per heavy atom. The Morgan fingerprint density at radius 2 is 0.346 bits per heavy atom. The zero-order valence-corrected chi connectivity index (χ0v) is 72.6. The van der Waals surface area contributed by atoms with Crippen molar-refractivity contribution in [2.24, 2.45) is 0 Å². The highest BCUT2D eigenvalue weighted by Crippen LogP contribution is 2.55. The lowest BCUT2D eigenvalue weighted by molar-refractivity contribution is 0.660. The van der Waals surface area contributed by atoms with Gasteiger partial charge in [0.25, 0.3) is 0 Å². The van der Waals surface area contributed by atoms with E-state index in [4.69, 9.17) is 8.83 Å². The molecule has 0 spiro atoms. The lowest BCUT2D eigenvalue weighted by Gasteiger charge is -2.28. The van der Waals surface area contributed by atoms with Crippen molar-refractivity contribution in [3.8, 4) is 145 Å². The van der Waals surface area contributed by atoms with Gasteiger partial charge in [-0.25, -0.2) is 0 Å². The molecule has 24 rings (SSSR count). The standard InChI is InChI=1S/C126H88N2O2/c1-125(2)117-75-99(82-19-9-6-10-20-82)53-67-109(117)111-71-65-107(79-119(111)125)127(104-59-47-87(48-60-104)84-31-37-92(38-32-84)101-55-69-115-113-25-11-13-27-121(113)129-123(115)77-101)103-57-45-86(46-58-103)83-29-35-89(36-30-83)96-22-16-23-97(74-96)90-41-43-91(44-42-90)100-54-68-110-112-72-66-108(80-120(112)126(3,4)118(110)76-100)128(106-63-51-94(52-64-106)98-24-15-21-95(73-98)81-17-7-5-8-18-81)105-61-49-88(50-62-105)85-33-39-93(40-34-85)102-56-70-116-114-26-12-14-28-122(114)130-124(116)78-102/h5-80H,1-4H3. The zero-order chi connectivity index (χ0) is 86.7. The Morgan fingerprint density at radius 1 is 0.146 bits per heavy atom. The van der Waals surface area contributed by atoms with Crippen LogP contribution in [-0.2, 0) is 10.8 Å². The minimum absolute atomic E-state index is 0.229. The van der Waals surface area contributed by atoms with E-state index in [0.29, 0.717) is 0 Å². The van der Waals surface area contributed by atoms with Crippen LogP contribution in [0.5, 0.6) is 0 Å². The molecule has 4 nitrogen and oxygen atoms in total. The average Bonchev–Trinajstić information content (AvgIpc) is 1.57. The number of rotatable bonds is 17. The molecule has 0 aliphatic heterocycles. The van der Waals surface area contributed by atoms with Crippen LogP contribution in [0.15, 0.2) is 470 Å². The van der Waals surface area contributed by atoms with Crippen LogP contribution in [0.3, 0.4) is 0 Å². The predicted molar refractivity (Wildman–Crippen MR) is 545 cm³/mol. The minimum Gasteiger partial charge on any atom is -0.456 e. The van der Waals surface area contributed by atoms with Crippen molar-refractivity contribution in [2.75, 3.05) is 9.80 Å². The van der Waals surface area contributed by atoms with Crippen molar-refractivity contribution in [2.45, 2.75) is 38.5 Å². The number of para-hydroxylation sites is 2. The molecule has 0 radical (unpaired) electrons. The quantitative estimate of drug-likeness (QED) is 0.0910. The molecule has 130 heavy (non-hydrogen) atoms. The third-order valence-electron chi connectivity index (χ3n) is 27.6. The zero-order valence-electron chi connectivity index (χ0n) is 72.6. The molecule has 4 heteroatoms. The van der Waals surface area contributed by atoms with Crippen LogP contribution in [0.4, 0.5) is 34.1 Å². The van der Waals surface area contributed by atoms with Gasteiger partial charge in [0.1, 0.15) is 22.3 Å². The van der Waals surface area contributed by atoms with Gasteiger partial charge in [-0.15, -0.1) is 0 Å². The van der Waals surface area contributed by atoms with Gasteiger partial charge in [-0.3, -0.25) is 0 Å². The molecular weight excluding hydrogens is 1570 g/mol. The van der Waals surface area contributed by atoms with Crippen LogP contribution in [0.1, 0.15) is 49.9 Å². The lowest BCUT2D eigenvalue weighted by atomic mass is 9.81. The van der Waals surface area contributed by atoms with Gasteiger partial charge in [-0.05, 0) is 300 Å². The normalized spacial score (nSPS) is 12.7. The molecule has 22 aromatic rings. The minimum atomic E-state index is -0.289. The van der Waals surface area contributed by atoms with E-state index >= 15 is 0 Å². The highest BCUT2D eigenvalue weighted by atomic mass is 16.3. The van der Waals surface area contributed by atoms with Crippen LogP contribution in [-0.4, -0.2) is 0 Å².